The summed E-state index contributed by atoms with van der Waals surface area (Å²) in [4.78, 5) is 2.37. The summed E-state index contributed by atoms with van der Waals surface area (Å²) in [5.74, 6) is 0. The van der Waals surface area contributed by atoms with Crippen LogP contribution >= 0.6 is 0 Å². The first-order valence-corrected chi connectivity index (χ1v) is 5.82. The normalized spacial score (nSPS) is 21.4. The highest BCUT2D eigenvalue weighted by molar-refractivity contribution is 4.70. The zero-order valence-electron chi connectivity index (χ0n) is 9.50. The van der Waals surface area contributed by atoms with E-state index in [9.17, 15) is 5.11 Å². The number of rotatable bonds is 5. The van der Waals surface area contributed by atoms with Crippen LogP contribution in [0.4, 0.5) is 0 Å². The van der Waals surface area contributed by atoms with E-state index in [1.165, 1.54) is 32.4 Å². The highest BCUT2D eigenvalue weighted by atomic mass is 16.3. The number of piperidine rings is 1. The van der Waals surface area contributed by atoms with Gasteiger partial charge in [0.2, 0.25) is 0 Å². The Morgan fingerprint density at radius 3 is 2.43 bits per heavy atom. The smallest absolute Gasteiger partial charge is 0.0791 e. The molecule has 84 valence electrons. The Kier molecular flexibility index (Phi) is 5.45. The predicted octanol–water partition coefficient (Wildman–Crippen LogP) is 0.831. The largest absolute Gasteiger partial charge is 0.390 e. The van der Waals surface area contributed by atoms with E-state index in [0.29, 0.717) is 12.6 Å². The van der Waals surface area contributed by atoms with E-state index in [4.69, 9.17) is 0 Å². The Morgan fingerprint density at radius 2 is 1.86 bits per heavy atom. The highest BCUT2D eigenvalue weighted by Gasteiger charge is 2.14. The Morgan fingerprint density at radius 1 is 1.21 bits per heavy atom. The Labute approximate surface area is 87.5 Å². The maximum atomic E-state index is 9.75. The fourth-order valence-electron chi connectivity index (χ4n) is 1.88. The molecular weight excluding hydrogens is 176 g/mol. The Bertz CT molecular complexity index is 144. The number of likely N-dealkylation sites (tertiary alicyclic amines) is 1. The minimum Gasteiger partial charge on any atom is -0.390 e. The maximum Gasteiger partial charge on any atom is 0.0791 e. The van der Waals surface area contributed by atoms with Crippen molar-refractivity contribution in [1.82, 2.24) is 10.2 Å². The molecule has 0 aliphatic carbocycles. The minimum absolute atomic E-state index is 0.213. The van der Waals surface area contributed by atoms with Gasteiger partial charge < -0.3 is 15.3 Å². The van der Waals surface area contributed by atoms with Crippen molar-refractivity contribution < 1.29 is 5.11 Å². The van der Waals surface area contributed by atoms with E-state index in [1.807, 2.05) is 0 Å². The molecule has 0 aromatic rings. The summed E-state index contributed by atoms with van der Waals surface area (Å²) in [6.07, 6.45) is 3.74. The van der Waals surface area contributed by atoms with Gasteiger partial charge in [0.15, 0.2) is 0 Å². The third-order valence-corrected chi connectivity index (χ3v) is 2.68. The van der Waals surface area contributed by atoms with E-state index in [0.717, 1.165) is 6.54 Å². The number of aliphatic hydroxyl groups excluding tert-OH is 1. The lowest BCUT2D eigenvalue weighted by Gasteiger charge is -2.28. The van der Waals surface area contributed by atoms with Crippen molar-refractivity contribution >= 4 is 0 Å². The molecule has 1 atom stereocenters. The van der Waals surface area contributed by atoms with Crippen LogP contribution in [0.1, 0.15) is 33.1 Å². The predicted molar refractivity (Wildman–Crippen MR) is 59.4 cm³/mol. The van der Waals surface area contributed by atoms with Crippen LogP contribution in [-0.4, -0.2) is 48.3 Å². The molecule has 1 saturated heterocycles. The third kappa shape index (κ3) is 4.94. The van der Waals surface area contributed by atoms with Gasteiger partial charge >= 0.3 is 0 Å². The summed E-state index contributed by atoms with van der Waals surface area (Å²) in [7, 11) is 0. The standard InChI is InChI=1S/C11H24N2O/c1-10(2)12-8-11(14)9-13-6-4-3-5-7-13/h10-12,14H,3-9H2,1-2H3. The molecule has 1 aliphatic heterocycles. The van der Waals surface area contributed by atoms with Gasteiger partial charge in [-0.2, -0.15) is 0 Å². The van der Waals surface area contributed by atoms with Crippen molar-refractivity contribution in [2.45, 2.75) is 45.3 Å². The average Bonchev–Trinajstić information content (AvgIpc) is 2.16. The van der Waals surface area contributed by atoms with E-state index in [1.54, 1.807) is 0 Å². The van der Waals surface area contributed by atoms with Crippen molar-refractivity contribution in [1.29, 1.82) is 0 Å². The van der Waals surface area contributed by atoms with E-state index < -0.39 is 0 Å². The number of hydrogen-bond donors (Lipinski definition) is 2. The minimum atomic E-state index is -0.213. The van der Waals surface area contributed by atoms with Crippen LogP contribution in [0.15, 0.2) is 0 Å². The Balaban J connectivity index is 2.09. The van der Waals surface area contributed by atoms with Crippen molar-refractivity contribution in [2.75, 3.05) is 26.2 Å². The molecule has 3 nitrogen and oxygen atoms in total. The van der Waals surface area contributed by atoms with Gasteiger partial charge in [-0.05, 0) is 25.9 Å². The quantitative estimate of drug-likeness (QED) is 0.690. The third-order valence-electron chi connectivity index (χ3n) is 2.68. The number of nitrogens with one attached hydrogen (secondary N) is 1. The first-order valence-electron chi connectivity index (χ1n) is 5.82. The van der Waals surface area contributed by atoms with Crippen molar-refractivity contribution in [2.24, 2.45) is 0 Å². The van der Waals surface area contributed by atoms with Crippen LogP contribution in [0.25, 0.3) is 0 Å². The summed E-state index contributed by atoms with van der Waals surface area (Å²) >= 11 is 0. The topological polar surface area (TPSA) is 35.5 Å². The lowest BCUT2D eigenvalue weighted by atomic mass is 10.1. The summed E-state index contributed by atoms with van der Waals surface area (Å²) in [6.45, 7) is 8.09. The molecule has 1 rings (SSSR count). The monoisotopic (exact) mass is 200 g/mol. The van der Waals surface area contributed by atoms with Crippen LogP contribution in [0.3, 0.4) is 0 Å². The van der Waals surface area contributed by atoms with Gasteiger partial charge in [0.05, 0.1) is 6.10 Å². The number of aliphatic hydroxyl groups is 1. The van der Waals surface area contributed by atoms with Crippen LogP contribution in [0.2, 0.25) is 0 Å². The number of β-amino-alcohol motifs (C(OH)–C–C–N with tert-alkyl or cyclic N) is 1. The lowest BCUT2D eigenvalue weighted by molar-refractivity contribution is 0.0987. The van der Waals surface area contributed by atoms with Gasteiger partial charge in [-0.3, -0.25) is 0 Å². The van der Waals surface area contributed by atoms with Gasteiger partial charge in [0.25, 0.3) is 0 Å². The molecule has 0 saturated carbocycles. The van der Waals surface area contributed by atoms with Crippen LogP contribution in [0.5, 0.6) is 0 Å². The molecule has 1 heterocycles. The molecule has 0 amide bonds. The summed E-state index contributed by atoms with van der Waals surface area (Å²) in [5, 5.41) is 13.0. The molecule has 1 fully saturated rings. The lowest BCUT2D eigenvalue weighted by Crippen LogP contribution is -2.42. The van der Waals surface area contributed by atoms with Gasteiger partial charge in [-0.1, -0.05) is 20.3 Å². The molecule has 14 heavy (non-hydrogen) atoms. The zero-order chi connectivity index (χ0) is 10.4. The SMILES string of the molecule is CC(C)NCC(O)CN1CCCCC1. The molecule has 0 aromatic carbocycles. The van der Waals surface area contributed by atoms with Gasteiger partial charge in [-0.25, -0.2) is 0 Å². The molecular formula is C11H24N2O. The van der Waals surface area contributed by atoms with Gasteiger partial charge in [0, 0.05) is 19.1 Å². The molecule has 1 unspecified atom stereocenters. The highest BCUT2D eigenvalue weighted by Crippen LogP contribution is 2.08. The van der Waals surface area contributed by atoms with E-state index in [2.05, 4.69) is 24.1 Å². The second-order valence-electron chi connectivity index (χ2n) is 4.58. The second-order valence-corrected chi connectivity index (χ2v) is 4.58. The molecule has 2 N–H and O–H groups in total. The fraction of sp³-hybridized carbons (Fsp3) is 1.00. The van der Waals surface area contributed by atoms with Crippen LogP contribution in [0, 0.1) is 0 Å². The van der Waals surface area contributed by atoms with Crippen LogP contribution < -0.4 is 5.32 Å². The van der Waals surface area contributed by atoms with Gasteiger partial charge in [0.1, 0.15) is 0 Å². The molecule has 0 aromatic heterocycles. The van der Waals surface area contributed by atoms with Crippen molar-refractivity contribution in [3.63, 3.8) is 0 Å². The molecule has 0 bridgehead atoms. The van der Waals surface area contributed by atoms with E-state index in [-0.39, 0.29) is 6.10 Å². The number of hydrogen-bond acceptors (Lipinski definition) is 3. The Hall–Kier alpha value is -0.120. The molecule has 0 radical (unpaired) electrons. The van der Waals surface area contributed by atoms with Gasteiger partial charge in [-0.15, -0.1) is 0 Å². The maximum absolute atomic E-state index is 9.75. The average molecular weight is 200 g/mol. The zero-order valence-corrected chi connectivity index (χ0v) is 9.50. The van der Waals surface area contributed by atoms with Crippen molar-refractivity contribution in [3.05, 3.63) is 0 Å². The molecule has 3 heteroatoms. The summed E-state index contributed by atoms with van der Waals surface area (Å²) < 4.78 is 0. The molecule has 1 aliphatic rings. The van der Waals surface area contributed by atoms with Crippen LogP contribution in [-0.2, 0) is 0 Å². The summed E-state index contributed by atoms with van der Waals surface area (Å²) in [6, 6.07) is 0.464. The summed E-state index contributed by atoms with van der Waals surface area (Å²) in [5.41, 5.74) is 0. The first-order chi connectivity index (χ1) is 6.68. The fourth-order valence-corrected chi connectivity index (χ4v) is 1.88. The second kappa shape index (κ2) is 6.38. The first kappa shape index (κ1) is 12.0. The van der Waals surface area contributed by atoms with E-state index >= 15 is 0 Å². The molecule has 0 spiro atoms. The number of nitrogens with zero attached hydrogens (tertiary/aromatic N) is 1. The van der Waals surface area contributed by atoms with Crippen molar-refractivity contribution in [3.8, 4) is 0 Å².